The molecule has 0 saturated carbocycles. The molecule has 106 valence electrons. The molecule has 2 rings (SSSR count). The van der Waals surface area contributed by atoms with Crippen LogP contribution in [0.15, 0.2) is 6.20 Å². The first-order valence-electron chi connectivity index (χ1n) is 6.18. The maximum atomic E-state index is 11.6. The van der Waals surface area contributed by atoms with Gasteiger partial charge in [0.25, 0.3) is 0 Å². The summed E-state index contributed by atoms with van der Waals surface area (Å²) in [6.45, 7) is 5.57. The number of aromatic nitrogens is 3. The van der Waals surface area contributed by atoms with Gasteiger partial charge in [0.15, 0.2) is 5.65 Å². The van der Waals surface area contributed by atoms with Crippen molar-refractivity contribution in [2.24, 2.45) is 0 Å². The first kappa shape index (κ1) is 14.0. The van der Waals surface area contributed by atoms with Crippen molar-refractivity contribution in [1.82, 2.24) is 14.6 Å². The number of carboxylic acids is 1. The van der Waals surface area contributed by atoms with Crippen LogP contribution in [0.3, 0.4) is 0 Å². The molecule has 2 heterocycles. The number of aryl methyl sites for hydroxylation is 2. The standard InChI is InChI=1S/C13H15N3O4/c1-4-20-11(17)5-9-7(2)15-12-10(13(18)19)6-14-16(12)8(9)3/h6H,4-5H2,1-3H3,(H,18,19). The van der Waals surface area contributed by atoms with Gasteiger partial charge in [-0.2, -0.15) is 5.10 Å². The Labute approximate surface area is 115 Å². The van der Waals surface area contributed by atoms with Gasteiger partial charge in [-0.15, -0.1) is 0 Å². The Morgan fingerprint density at radius 1 is 1.40 bits per heavy atom. The number of carbonyl (C=O) groups is 2. The van der Waals surface area contributed by atoms with Gasteiger partial charge >= 0.3 is 11.9 Å². The number of aromatic carboxylic acids is 1. The molecule has 1 N–H and O–H groups in total. The Balaban J connectivity index is 2.53. The lowest BCUT2D eigenvalue weighted by molar-refractivity contribution is -0.142. The van der Waals surface area contributed by atoms with Gasteiger partial charge < -0.3 is 9.84 Å². The molecule has 2 aromatic rings. The molecule has 0 aliphatic carbocycles. The highest BCUT2D eigenvalue weighted by Gasteiger charge is 2.19. The smallest absolute Gasteiger partial charge is 0.341 e. The molecule has 0 bridgehead atoms. The maximum Gasteiger partial charge on any atom is 0.341 e. The summed E-state index contributed by atoms with van der Waals surface area (Å²) in [5, 5.41) is 13.1. The second-order valence-corrected chi connectivity index (χ2v) is 4.34. The Bertz CT molecular complexity index is 690. The lowest BCUT2D eigenvalue weighted by atomic mass is 10.1. The fourth-order valence-corrected chi connectivity index (χ4v) is 2.07. The van der Waals surface area contributed by atoms with Crippen LogP contribution in [0.25, 0.3) is 5.65 Å². The molecule has 7 heteroatoms. The molecule has 0 aliphatic rings. The van der Waals surface area contributed by atoms with E-state index in [1.54, 1.807) is 20.8 Å². The minimum Gasteiger partial charge on any atom is -0.477 e. The number of carbonyl (C=O) groups excluding carboxylic acids is 1. The van der Waals surface area contributed by atoms with Gasteiger partial charge in [0.05, 0.1) is 19.2 Å². The highest BCUT2D eigenvalue weighted by Crippen LogP contribution is 2.18. The predicted octanol–water partition coefficient (Wildman–Crippen LogP) is 1.15. The average Bonchev–Trinajstić information content (AvgIpc) is 2.78. The summed E-state index contributed by atoms with van der Waals surface area (Å²) in [4.78, 5) is 26.9. The summed E-state index contributed by atoms with van der Waals surface area (Å²) in [6, 6.07) is 0. The first-order valence-corrected chi connectivity index (χ1v) is 6.18. The van der Waals surface area contributed by atoms with Gasteiger partial charge in [0.1, 0.15) is 5.56 Å². The summed E-state index contributed by atoms with van der Waals surface area (Å²) in [7, 11) is 0. The third-order valence-corrected chi connectivity index (χ3v) is 3.07. The van der Waals surface area contributed by atoms with Crippen LogP contribution < -0.4 is 0 Å². The molecule has 0 unspecified atom stereocenters. The number of hydrogen-bond donors (Lipinski definition) is 1. The van der Waals surface area contributed by atoms with Crippen LogP contribution in [0.5, 0.6) is 0 Å². The topological polar surface area (TPSA) is 93.8 Å². The van der Waals surface area contributed by atoms with Crippen LogP contribution in [-0.4, -0.2) is 38.3 Å². The van der Waals surface area contributed by atoms with Gasteiger partial charge in [0, 0.05) is 17.0 Å². The van der Waals surface area contributed by atoms with Gasteiger partial charge in [-0.1, -0.05) is 0 Å². The molecule has 0 atom stereocenters. The van der Waals surface area contributed by atoms with Crippen molar-refractivity contribution in [1.29, 1.82) is 0 Å². The minimum absolute atomic E-state index is 0.0406. The van der Waals surface area contributed by atoms with Crippen LogP contribution in [-0.2, 0) is 16.0 Å². The number of carboxylic acid groups (broad SMARTS) is 1. The van der Waals surface area contributed by atoms with Gasteiger partial charge in [-0.25, -0.2) is 14.3 Å². The number of nitrogens with zero attached hydrogens (tertiary/aromatic N) is 3. The van der Waals surface area contributed by atoms with Crippen molar-refractivity contribution >= 4 is 17.6 Å². The van der Waals surface area contributed by atoms with E-state index in [-0.39, 0.29) is 23.6 Å². The second-order valence-electron chi connectivity index (χ2n) is 4.34. The van der Waals surface area contributed by atoms with Crippen LogP contribution in [0.4, 0.5) is 0 Å². The molecular formula is C13H15N3O4. The zero-order valence-electron chi connectivity index (χ0n) is 11.5. The van der Waals surface area contributed by atoms with E-state index < -0.39 is 5.97 Å². The van der Waals surface area contributed by atoms with Crippen molar-refractivity contribution in [3.8, 4) is 0 Å². The van der Waals surface area contributed by atoms with Crippen molar-refractivity contribution in [2.45, 2.75) is 27.2 Å². The normalized spacial score (nSPS) is 10.8. The molecule has 0 amide bonds. The lowest BCUT2D eigenvalue weighted by Gasteiger charge is -2.10. The van der Waals surface area contributed by atoms with Crippen LogP contribution in [0.2, 0.25) is 0 Å². The molecule has 0 fully saturated rings. The van der Waals surface area contributed by atoms with Crippen molar-refractivity contribution in [3.05, 3.63) is 28.7 Å². The third kappa shape index (κ3) is 2.34. The maximum absolute atomic E-state index is 11.6. The summed E-state index contributed by atoms with van der Waals surface area (Å²) in [5.74, 6) is -1.42. The zero-order valence-corrected chi connectivity index (χ0v) is 11.5. The fourth-order valence-electron chi connectivity index (χ4n) is 2.07. The lowest BCUT2D eigenvalue weighted by Crippen LogP contribution is -2.13. The number of rotatable bonds is 4. The van der Waals surface area contributed by atoms with E-state index in [1.807, 2.05) is 0 Å². The van der Waals surface area contributed by atoms with E-state index in [1.165, 1.54) is 10.7 Å². The highest BCUT2D eigenvalue weighted by atomic mass is 16.5. The van der Waals surface area contributed by atoms with E-state index in [4.69, 9.17) is 9.84 Å². The van der Waals surface area contributed by atoms with E-state index >= 15 is 0 Å². The van der Waals surface area contributed by atoms with Crippen molar-refractivity contribution < 1.29 is 19.4 Å². The number of esters is 1. The fraction of sp³-hybridized carbons (Fsp3) is 0.385. The molecule has 0 spiro atoms. The number of hydrogen-bond acceptors (Lipinski definition) is 5. The zero-order chi connectivity index (χ0) is 14.9. The van der Waals surface area contributed by atoms with E-state index in [0.29, 0.717) is 23.6 Å². The second kappa shape index (κ2) is 5.28. The van der Waals surface area contributed by atoms with Crippen LogP contribution in [0, 0.1) is 13.8 Å². The Morgan fingerprint density at radius 2 is 2.10 bits per heavy atom. The van der Waals surface area contributed by atoms with E-state index in [9.17, 15) is 9.59 Å². The van der Waals surface area contributed by atoms with E-state index in [2.05, 4.69) is 10.1 Å². The Morgan fingerprint density at radius 3 is 2.70 bits per heavy atom. The van der Waals surface area contributed by atoms with Gasteiger partial charge in [-0.3, -0.25) is 4.79 Å². The monoisotopic (exact) mass is 277 g/mol. The van der Waals surface area contributed by atoms with Crippen LogP contribution >= 0.6 is 0 Å². The molecule has 20 heavy (non-hydrogen) atoms. The molecular weight excluding hydrogens is 262 g/mol. The van der Waals surface area contributed by atoms with E-state index in [0.717, 1.165) is 0 Å². The number of fused-ring (bicyclic) bond motifs is 1. The molecule has 0 aromatic carbocycles. The molecule has 0 aliphatic heterocycles. The summed E-state index contributed by atoms with van der Waals surface area (Å²) in [6.07, 6.45) is 1.35. The Hall–Kier alpha value is -2.44. The summed E-state index contributed by atoms with van der Waals surface area (Å²) >= 11 is 0. The average molecular weight is 277 g/mol. The Kier molecular flexibility index (Phi) is 3.69. The third-order valence-electron chi connectivity index (χ3n) is 3.07. The molecule has 2 aromatic heterocycles. The molecule has 7 nitrogen and oxygen atoms in total. The quantitative estimate of drug-likeness (QED) is 0.842. The van der Waals surface area contributed by atoms with Gasteiger partial charge in [-0.05, 0) is 20.8 Å². The van der Waals surface area contributed by atoms with Crippen molar-refractivity contribution in [2.75, 3.05) is 6.61 Å². The summed E-state index contributed by atoms with van der Waals surface area (Å²) in [5.41, 5.74) is 2.31. The minimum atomic E-state index is -1.08. The van der Waals surface area contributed by atoms with Crippen LogP contribution in [0.1, 0.15) is 34.2 Å². The van der Waals surface area contributed by atoms with Crippen molar-refractivity contribution in [3.63, 3.8) is 0 Å². The highest BCUT2D eigenvalue weighted by molar-refractivity contribution is 5.94. The molecule has 0 radical (unpaired) electrons. The SMILES string of the molecule is CCOC(=O)Cc1c(C)nc2c(C(=O)O)cnn2c1C. The first-order chi connectivity index (χ1) is 9.45. The largest absolute Gasteiger partial charge is 0.477 e. The van der Waals surface area contributed by atoms with Gasteiger partial charge in [0.2, 0.25) is 0 Å². The summed E-state index contributed by atoms with van der Waals surface area (Å²) < 4.78 is 6.36. The molecule has 0 saturated heterocycles. The number of ether oxygens (including phenoxy) is 1. The predicted molar refractivity (Wildman–Crippen MR) is 69.8 cm³/mol.